The van der Waals surface area contributed by atoms with Gasteiger partial charge >= 0.3 is 0 Å². The van der Waals surface area contributed by atoms with Crippen molar-refractivity contribution in [2.45, 2.75) is 25.9 Å². The SMILES string of the molecule is CC(=O)NC1CCN(c2nccc(CN)n2)C1. The summed E-state index contributed by atoms with van der Waals surface area (Å²) < 4.78 is 0. The Morgan fingerprint density at radius 1 is 1.71 bits per heavy atom. The van der Waals surface area contributed by atoms with Crippen LogP contribution in [-0.2, 0) is 11.3 Å². The average molecular weight is 235 g/mol. The van der Waals surface area contributed by atoms with E-state index in [1.54, 1.807) is 6.20 Å². The van der Waals surface area contributed by atoms with Gasteiger partial charge in [-0.05, 0) is 12.5 Å². The van der Waals surface area contributed by atoms with Gasteiger partial charge in [-0.3, -0.25) is 4.79 Å². The van der Waals surface area contributed by atoms with E-state index in [2.05, 4.69) is 20.2 Å². The summed E-state index contributed by atoms with van der Waals surface area (Å²) >= 11 is 0. The zero-order valence-electron chi connectivity index (χ0n) is 9.89. The minimum Gasteiger partial charge on any atom is -0.352 e. The lowest BCUT2D eigenvalue weighted by molar-refractivity contribution is -0.119. The molecular formula is C11H17N5O. The zero-order valence-corrected chi connectivity index (χ0v) is 9.89. The second-order valence-corrected chi connectivity index (χ2v) is 4.18. The molecule has 17 heavy (non-hydrogen) atoms. The molecule has 1 unspecified atom stereocenters. The normalized spacial score (nSPS) is 19.4. The van der Waals surface area contributed by atoms with E-state index in [0.29, 0.717) is 12.5 Å². The van der Waals surface area contributed by atoms with Crippen molar-refractivity contribution in [3.8, 4) is 0 Å². The lowest BCUT2D eigenvalue weighted by Gasteiger charge is -2.16. The monoisotopic (exact) mass is 235 g/mol. The van der Waals surface area contributed by atoms with E-state index in [4.69, 9.17) is 5.73 Å². The first-order valence-corrected chi connectivity index (χ1v) is 5.73. The molecule has 0 aromatic carbocycles. The van der Waals surface area contributed by atoms with E-state index in [0.717, 1.165) is 25.2 Å². The number of anilines is 1. The van der Waals surface area contributed by atoms with E-state index >= 15 is 0 Å². The Bertz CT molecular complexity index is 409. The van der Waals surface area contributed by atoms with Crippen molar-refractivity contribution in [3.63, 3.8) is 0 Å². The number of hydrogen-bond acceptors (Lipinski definition) is 5. The first-order chi connectivity index (χ1) is 8.19. The predicted molar refractivity (Wildman–Crippen MR) is 64.4 cm³/mol. The molecular weight excluding hydrogens is 218 g/mol. The van der Waals surface area contributed by atoms with Gasteiger partial charge in [0.1, 0.15) is 0 Å². The Balaban J connectivity index is 2.01. The number of nitrogens with one attached hydrogen (secondary N) is 1. The molecule has 1 aliphatic heterocycles. The van der Waals surface area contributed by atoms with Crippen LogP contribution in [-0.4, -0.2) is 35.0 Å². The van der Waals surface area contributed by atoms with Crippen molar-refractivity contribution in [3.05, 3.63) is 18.0 Å². The lowest BCUT2D eigenvalue weighted by atomic mass is 10.3. The fraction of sp³-hybridized carbons (Fsp3) is 0.545. The third-order valence-electron chi connectivity index (χ3n) is 2.79. The van der Waals surface area contributed by atoms with Crippen LogP contribution >= 0.6 is 0 Å². The summed E-state index contributed by atoms with van der Waals surface area (Å²) in [6, 6.07) is 2.00. The van der Waals surface area contributed by atoms with Crippen LogP contribution in [0.5, 0.6) is 0 Å². The summed E-state index contributed by atoms with van der Waals surface area (Å²) in [5.74, 6) is 0.703. The van der Waals surface area contributed by atoms with Crippen molar-refractivity contribution in [2.75, 3.05) is 18.0 Å². The molecule has 1 aromatic heterocycles. The molecule has 1 saturated heterocycles. The van der Waals surface area contributed by atoms with Crippen molar-refractivity contribution in [1.82, 2.24) is 15.3 Å². The molecule has 6 heteroatoms. The molecule has 0 radical (unpaired) electrons. The summed E-state index contributed by atoms with van der Waals surface area (Å²) in [5.41, 5.74) is 6.38. The van der Waals surface area contributed by atoms with Gasteiger partial charge < -0.3 is 16.0 Å². The van der Waals surface area contributed by atoms with Gasteiger partial charge in [-0.2, -0.15) is 0 Å². The largest absolute Gasteiger partial charge is 0.352 e. The highest BCUT2D eigenvalue weighted by Gasteiger charge is 2.24. The predicted octanol–water partition coefficient (Wildman–Crippen LogP) is -0.350. The zero-order chi connectivity index (χ0) is 12.3. The van der Waals surface area contributed by atoms with E-state index in [1.807, 2.05) is 6.07 Å². The van der Waals surface area contributed by atoms with Gasteiger partial charge in [0, 0.05) is 38.8 Å². The van der Waals surface area contributed by atoms with Crippen molar-refractivity contribution >= 4 is 11.9 Å². The van der Waals surface area contributed by atoms with Gasteiger partial charge in [-0.15, -0.1) is 0 Å². The van der Waals surface area contributed by atoms with Gasteiger partial charge in [-0.25, -0.2) is 9.97 Å². The molecule has 0 saturated carbocycles. The van der Waals surface area contributed by atoms with Crippen LogP contribution in [0.3, 0.4) is 0 Å². The third kappa shape index (κ3) is 2.91. The van der Waals surface area contributed by atoms with Gasteiger partial charge in [-0.1, -0.05) is 0 Å². The number of rotatable bonds is 3. The second-order valence-electron chi connectivity index (χ2n) is 4.18. The maximum atomic E-state index is 11.0. The van der Waals surface area contributed by atoms with E-state index in [1.165, 1.54) is 6.92 Å². The highest BCUT2D eigenvalue weighted by atomic mass is 16.1. The van der Waals surface area contributed by atoms with Crippen LogP contribution in [0.1, 0.15) is 19.0 Å². The fourth-order valence-corrected chi connectivity index (χ4v) is 2.00. The van der Waals surface area contributed by atoms with Crippen LogP contribution in [0.25, 0.3) is 0 Å². The van der Waals surface area contributed by atoms with Crippen LogP contribution in [0.2, 0.25) is 0 Å². The molecule has 92 valence electrons. The smallest absolute Gasteiger partial charge is 0.225 e. The molecule has 1 fully saturated rings. The summed E-state index contributed by atoms with van der Waals surface area (Å²) in [4.78, 5) is 21.6. The van der Waals surface area contributed by atoms with Crippen molar-refractivity contribution < 1.29 is 4.79 Å². The molecule has 1 aromatic rings. The minimum atomic E-state index is 0.00785. The molecule has 0 spiro atoms. The minimum absolute atomic E-state index is 0.00785. The average Bonchev–Trinajstić information content (AvgIpc) is 2.77. The van der Waals surface area contributed by atoms with Gasteiger partial charge in [0.2, 0.25) is 11.9 Å². The number of carbonyl (C=O) groups excluding carboxylic acids is 1. The van der Waals surface area contributed by atoms with Gasteiger partial charge in [0.25, 0.3) is 0 Å². The first kappa shape index (κ1) is 11.8. The molecule has 0 aliphatic carbocycles. The Hall–Kier alpha value is -1.69. The fourth-order valence-electron chi connectivity index (χ4n) is 2.00. The van der Waals surface area contributed by atoms with E-state index < -0.39 is 0 Å². The Labute approximate surface area is 100 Å². The number of aromatic nitrogens is 2. The van der Waals surface area contributed by atoms with Crippen LogP contribution in [0, 0.1) is 0 Å². The van der Waals surface area contributed by atoms with Crippen LogP contribution in [0.4, 0.5) is 5.95 Å². The molecule has 2 rings (SSSR count). The quantitative estimate of drug-likeness (QED) is 0.748. The Morgan fingerprint density at radius 2 is 2.53 bits per heavy atom. The maximum absolute atomic E-state index is 11.0. The Kier molecular flexibility index (Phi) is 3.53. The summed E-state index contributed by atoms with van der Waals surface area (Å²) in [5, 5.41) is 2.91. The molecule has 2 heterocycles. The highest BCUT2D eigenvalue weighted by molar-refractivity contribution is 5.73. The van der Waals surface area contributed by atoms with E-state index in [9.17, 15) is 4.79 Å². The lowest BCUT2D eigenvalue weighted by Crippen LogP contribution is -2.35. The summed E-state index contributed by atoms with van der Waals surface area (Å²) in [7, 11) is 0. The maximum Gasteiger partial charge on any atom is 0.225 e. The first-order valence-electron chi connectivity index (χ1n) is 5.73. The molecule has 1 atom stereocenters. The second kappa shape index (κ2) is 5.09. The number of carbonyl (C=O) groups is 1. The molecule has 1 aliphatic rings. The molecule has 6 nitrogen and oxygen atoms in total. The van der Waals surface area contributed by atoms with Crippen molar-refractivity contribution in [1.29, 1.82) is 0 Å². The number of nitrogens with two attached hydrogens (primary N) is 1. The van der Waals surface area contributed by atoms with Crippen molar-refractivity contribution in [2.24, 2.45) is 5.73 Å². The standard InChI is InChI=1S/C11H17N5O/c1-8(17)14-10-3-5-16(7-10)11-13-4-2-9(6-12)15-11/h2,4,10H,3,5-7,12H2,1H3,(H,14,17). The van der Waals surface area contributed by atoms with Crippen LogP contribution in [0.15, 0.2) is 12.3 Å². The number of hydrogen-bond donors (Lipinski definition) is 2. The van der Waals surface area contributed by atoms with Gasteiger partial charge in [0.15, 0.2) is 0 Å². The van der Waals surface area contributed by atoms with E-state index in [-0.39, 0.29) is 11.9 Å². The Morgan fingerprint density at radius 3 is 3.24 bits per heavy atom. The molecule has 0 bridgehead atoms. The van der Waals surface area contributed by atoms with Crippen LogP contribution < -0.4 is 16.0 Å². The highest BCUT2D eigenvalue weighted by Crippen LogP contribution is 2.15. The summed E-state index contributed by atoms with van der Waals surface area (Å²) in [6.07, 6.45) is 2.64. The summed E-state index contributed by atoms with van der Waals surface area (Å²) in [6.45, 7) is 3.57. The topological polar surface area (TPSA) is 84.1 Å². The molecule has 1 amide bonds. The number of amides is 1. The van der Waals surface area contributed by atoms with Gasteiger partial charge in [0.05, 0.1) is 5.69 Å². The number of nitrogens with zero attached hydrogens (tertiary/aromatic N) is 3. The third-order valence-corrected chi connectivity index (χ3v) is 2.79. The molecule has 3 N–H and O–H groups in total.